The number of nitrogens with one attached hydrogen (secondary N) is 1. The van der Waals surface area contributed by atoms with Gasteiger partial charge in [-0.15, -0.1) is 0 Å². The molecular weight excluding hydrogens is 194 g/mol. The molecule has 0 heterocycles. The summed E-state index contributed by atoms with van der Waals surface area (Å²) < 4.78 is 15.8. The van der Waals surface area contributed by atoms with E-state index in [-0.39, 0.29) is 0 Å². The van der Waals surface area contributed by atoms with Crippen LogP contribution in [0.3, 0.4) is 0 Å². The molecule has 0 fully saturated rings. The van der Waals surface area contributed by atoms with Gasteiger partial charge in [-0.2, -0.15) is 0 Å². The van der Waals surface area contributed by atoms with Crippen LogP contribution in [0.15, 0.2) is 0 Å². The quantitative estimate of drug-likeness (QED) is 0.498. The highest BCUT2D eigenvalue weighted by atomic mass is 16.5. The lowest BCUT2D eigenvalue weighted by Crippen LogP contribution is -2.11. The van der Waals surface area contributed by atoms with Gasteiger partial charge in [0, 0.05) is 13.2 Å². The molecule has 0 aromatic heterocycles. The molecule has 0 amide bonds. The zero-order chi connectivity index (χ0) is 11.2. The number of hydrogen-bond donors (Lipinski definition) is 1. The van der Waals surface area contributed by atoms with Gasteiger partial charge >= 0.3 is 0 Å². The van der Waals surface area contributed by atoms with E-state index in [2.05, 4.69) is 5.32 Å². The summed E-state index contributed by atoms with van der Waals surface area (Å²) >= 11 is 0. The van der Waals surface area contributed by atoms with E-state index >= 15 is 0 Å². The van der Waals surface area contributed by atoms with Crippen molar-refractivity contribution in [3.8, 4) is 0 Å². The maximum atomic E-state index is 5.39. The number of hydrogen-bond acceptors (Lipinski definition) is 4. The minimum absolute atomic E-state index is 0.664. The Morgan fingerprint density at radius 3 is 2.00 bits per heavy atom. The first-order chi connectivity index (χ1) is 7.41. The normalized spacial score (nSPS) is 10.8. The van der Waals surface area contributed by atoms with Crippen LogP contribution in [0.25, 0.3) is 0 Å². The first kappa shape index (κ1) is 14.8. The smallest absolute Gasteiger partial charge is 0.0701 e. The standard InChI is InChI=1S/C11H25NO3/c1-3-13-8-9-15-11-10-14-7-5-4-6-12-2/h12H,3-11H2,1-2H3. The Morgan fingerprint density at radius 2 is 1.40 bits per heavy atom. The molecule has 1 N–H and O–H groups in total. The second-order valence-corrected chi connectivity index (χ2v) is 3.23. The molecule has 0 atom stereocenters. The van der Waals surface area contributed by atoms with Gasteiger partial charge in [0.2, 0.25) is 0 Å². The Kier molecular flexibility index (Phi) is 13.7. The molecule has 0 radical (unpaired) electrons. The van der Waals surface area contributed by atoms with Gasteiger partial charge in [-0.25, -0.2) is 0 Å². The highest BCUT2D eigenvalue weighted by Gasteiger charge is 1.91. The van der Waals surface area contributed by atoms with E-state index in [9.17, 15) is 0 Å². The van der Waals surface area contributed by atoms with Gasteiger partial charge in [0.15, 0.2) is 0 Å². The van der Waals surface area contributed by atoms with E-state index in [4.69, 9.17) is 14.2 Å². The van der Waals surface area contributed by atoms with Crippen molar-refractivity contribution in [2.75, 3.05) is 53.2 Å². The minimum Gasteiger partial charge on any atom is -0.379 e. The molecule has 4 heteroatoms. The molecule has 0 aliphatic heterocycles. The van der Waals surface area contributed by atoms with Crippen molar-refractivity contribution >= 4 is 0 Å². The molecule has 0 saturated carbocycles. The van der Waals surface area contributed by atoms with Crippen molar-refractivity contribution < 1.29 is 14.2 Å². The van der Waals surface area contributed by atoms with Crippen molar-refractivity contribution in [1.29, 1.82) is 0 Å². The maximum Gasteiger partial charge on any atom is 0.0701 e. The van der Waals surface area contributed by atoms with Gasteiger partial charge in [-0.3, -0.25) is 0 Å². The monoisotopic (exact) mass is 219 g/mol. The molecule has 0 aliphatic carbocycles. The van der Waals surface area contributed by atoms with Crippen LogP contribution in [0, 0.1) is 0 Å². The molecule has 0 rings (SSSR count). The second-order valence-electron chi connectivity index (χ2n) is 3.23. The Hall–Kier alpha value is -0.160. The van der Waals surface area contributed by atoms with Gasteiger partial charge in [-0.05, 0) is 33.4 Å². The van der Waals surface area contributed by atoms with Gasteiger partial charge in [0.1, 0.15) is 0 Å². The third-order valence-electron chi connectivity index (χ3n) is 1.91. The van der Waals surface area contributed by atoms with Gasteiger partial charge < -0.3 is 19.5 Å². The van der Waals surface area contributed by atoms with Gasteiger partial charge in [0.25, 0.3) is 0 Å². The molecule has 0 aromatic carbocycles. The minimum atomic E-state index is 0.664. The molecule has 4 nitrogen and oxygen atoms in total. The average molecular weight is 219 g/mol. The van der Waals surface area contributed by atoms with Crippen LogP contribution < -0.4 is 5.32 Å². The van der Waals surface area contributed by atoms with Crippen LogP contribution in [-0.2, 0) is 14.2 Å². The molecule has 0 bridgehead atoms. The lowest BCUT2D eigenvalue weighted by atomic mass is 10.3. The van der Waals surface area contributed by atoms with E-state index in [1.807, 2.05) is 14.0 Å². The first-order valence-corrected chi connectivity index (χ1v) is 5.79. The van der Waals surface area contributed by atoms with Gasteiger partial charge in [0.05, 0.1) is 26.4 Å². The third kappa shape index (κ3) is 13.8. The zero-order valence-electron chi connectivity index (χ0n) is 10.1. The predicted molar refractivity (Wildman–Crippen MR) is 61.3 cm³/mol. The van der Waals surface area contributed by atoms with Gasteiger partial charge in [-0.1, -0.05) is 0 Å². The van der Waals surface area contributed by atoms with E-state index < -0.39 is 0 Å². The summed E-state index contributed by atoms with van der Waals surface area (Å²) in [5.74, 6) is 0. The van der Waals surface area contributed by atoms with E-state index in [0.717, 1.165) is 26.2 Å². The molecule has 92 valence electrons. The molecule has 0 spiro atoms. The van der Waals surface area contributed by atoms with Crippen LogP contribution in [0.2, 0.25) is 0 Å². The molecule has 0 aromatic rings. The summed E-state index contributed by atoms with van der Waals surface area (Å²) in [5, 5.41) is 3.10. The SMILES string of the molecule is CCOCCOCCOCCCCNC. The summed E-state index contributed by atoms with van der Waals surface area (Å²) in [6, 6.07) is 0. The molecular formula is C11H25NO3. The fourth-order valence-corrected chi connectivity index (χ4v) is 1.09. The fraction of sp³-hybridized carbons (Fsp3) is 1.00. The Morgan fingerprint density at radius 1 is 0.800 bits per heavy atom. The second kappa shape index (κ2) is 13.8. The summed E-state index contributed by atoms with van der Waals surface area (Å²) in [5.41, 5.74) is 0. The van der Waals surface area contributed by atoms with Crippen molar-refractivity contribution in [3.05, 3.63) is 0 Å². The molecule has 0 saturated heterocycles. The number of unbranched alkanes of at least 4 members (excludes halogenated alkanes) is 1. The van der Waals surface area contributed by atoms with E-state index in [0.29, 0.717) is 26.4 Å². The third-order valence-corrected chi connectivity index (χ3v) is 1.91. The molecule has 15 heavy (non-hydrogen) atoms. The van der Waals surface area contributed by atoms with Crippen LogP contribution >= 0.6 is 0 Å². The first-order valence-electron chi connectivity index (χ1n) is 5.79. The number of rotatable bonds is 12. The van der Waals surface area contributed by atoms with Crippen LogP contribution in [-0.4, -0.2) is 53.2 Å². The predicted octanol–water partition coefficient (Wildman–Crippen LogP) is 1.06. The van der Waals surface area contributed by atoms with E-state index in [1.54, 1.807) is 0 Å². The van der Waals surface area contributed by atoms with Crippen molar-refractivity contribution in [3.63, 3.8) is 0 Å². The Labute approximate surface area is 93.3 Å². The highest BCUT2D eigenvalue weighted by Crippen LogP contribution is 1.88. The molecule has 0 aliphatic rings. The van der Waals surface area contributed by atoms with Crippen molar-refractivity contribution in [2.24, 2.45) is 0 Å². The molecule has 0 unspecified atom stereocenters. The van der Waals surface area contributed by atoms with E-state index in [1.165, 1.54) is 6.42 Å². The summed E-state index contributed by atoms with van der Waals surface area (Å²) in [4.78, 5) is 0. The average Bonchev–Trinajstić information content (AvgIpc) is 2.26. The summed E-state index contributed by atoms with van der Waals surface area (Å²) in [6.07, 6.45) is 2.28. The van der Waals surface area contributed by atoms with Crippen molar-refractivity contribution in [1.82, 2.24) is 5.32 Å². The van der Waals surface area contributed by atoms with Crippen LogP contribution in [0.5, 0.6) is 0 Å². The topological polar surface area (TPSA) is 39.7 Å². The fourth-order valence-electron chi connectivity index (χ4n) is 1.09. The summed E-state index contributed by atoms with van der Waals surface area (Å²) in [7, 11) is 1.97. The van der Waals surface area contributed by atoms with Crippen molar-refractivity contribution in [2.45, 2.75) is 19.8 Å². The summed E-state index contributed by atoms with van der Waals surface area (Å²) in [6.45, 7) is 7.32. The largest absolute Gasteiger partial charge is 0.379 e. The Bertz CT molecular complexity index is 100. The number of ether oxygens (including phenoxy) is 3. The maximum absolute atomic E-state index is 5.39. The lowest BCUT2D eigenvalue weighted by Gasteiger charge is -2.05. The van der Waals surface area contributed by atoms with Crippen LogP contribution in [0.1, 0.15) is 19.8 Å². The van der Waals surface area contributed by atoms with Crippen LogP contribution in [0.4, 0.5) is 0 Å². The zero-order valence-corrected chi connectivity index (χ0v) is 10.1. The Balaban J connectivity index is 2.81. The highest BCUT2D eigenvalue weighted by molar-refractivity contribution is 4.42. The lowest BCUT2D eigenvalue weighted by molar-refractivity contribution is 0.0163.